The molecule has 0 bridgehead atoms. The molecule has 1 heterocycles. The summed E-state index contributed by atoms with van der Waals surface area (Å²) in [6.07, 6.45) is 2.83. The van der Waals surface area contributed by atoms with E-state index in [0.717, 1.165) is 24.2 Å². The molecule has 0 saturated heterocycles. The maximum Gasteiger partial charge on any atom is 0.137 e. The first-order chi connectivity index (χ1) is 9.17. The summed E-state index contributed by atoms with van der Waals surface area (Å²) in [5, 5.41) is 7.59. The van der Waals surface area contributed by atoms with Crippen molar-refractivity contribution in [3.63, 3.8) is 0 Å². The smallest absolute Gasteiger partial charge is 0.137 e. The lowest BCUT2D eigenvalue weighted by Crippen LogP contribution is -2.21. The fourth-order valence-electron chi connectivity index (χ4n) is 2.16. The zero-order chi connectivity index (χ0) is 13.8. The zero-order valence-corrected chi connectivity index (χ0v) is 12.6. The van der Waals surface area contributed by atoms with Crippen LogP contribution < -0.4 is 5.32 Å². The van der Waals surface area contributed by atoms with E-state index in [-0.39, 0.29) is 11.9 Å². The number of halogens is 2. The highest BCUT2D eigenvalue weighted by molar-refractivity contribution is 9.10. The van der Waals surface area contributed by atoms with E-state index in [9.17, 15) is 4.39 Å². The molecule has 0 saturated carbocycles. The molecule has 5 heteroatoms. The largest absolute Gasteiger partial charge is 0.308 e. The molecular weight excluding hydrogens is 309 g/mol. The average molecular weight is 326 g/mol. The fourth-order valence-corrected chi connectivity index (χ4v) is 2.56. The molecule has 0 fully saturated rings. The van der Waals surface area contributed by atoms with Crippen molar-refractivity contribution in [3.8, 4) is 0 Å². The van der Waals surface area contributed by atoms with Crippen LogP contribution in [0.25, 0.3) is 0 Å². The second-order valence-electron chi connectivity index (χ2n) is 4.37. The van der Waals surface area contributed by atoms with Crippen molar-refractivity contribution >= 4 is 15.9 Å². The third kappa shape index (κ3) is 3.04. The Morgan fingerprint density at radius 1 is 1.42 bits per heavy atom. The van der Waals surface area contributed by atoms with E-state index in [2.05, 4.69) is 33.3 Å². The Labute approximate surface area is 121 Å². The highest BCUT2D eigenvalue weighted by atomic mass is 79.9. The van der Waals surface area contributed by atoms with Crippen LogP contribution in [-0.4, -0.2) is 16.8 Å². The molecule has 1 aromatic carbocycles. The summed E-state index contributed by atoms with van der Waals surface area (Å²) < 4.78 is 15.8. The van der Waals surface area contributed by atoms with Crippen LogP contribution in [0.5, 0.6) is 0 Å². The molecule has 1 unspecified atom stereocenters. The van der Waals surface area contributed by atoms with Crippen LogP contribution in [0.4, 0.5) is 4.39 Å². The predicted octanol–water partition coefficient (Wildman–Crippen LogP) is 3.50. The first kappa shape index (κ1) is 14.2. The van der Waals surface area contributed by atoms with Gasteiger partial charge in [-0.2, -0.15) is 5.10 Å². The van der Waals surface area contributed by atoms with Gasteiger partial charge in [-0.05, 0) is 53.2 Å². The highest BCUT2D eigenvalue weighted by Crippen LogP contribution is 2.26. The van der Waals surface area contributed by atoms with Crippen molar-refractivity contribution < 1.29 is 4.39 Å². The fraction of sp³-hybridized carbons (Fsp3) is 0.357. The van der Waals surface area contributed by atoms with Crippen molar-refractivity contribution in [2.75, 3.05) is 7.05 Å². The van der Waals surface area contributed by atoms with Crippen molar-refractivity contribution in [3.05, 3.63) is 52.0 Å². The molecule has 2 rings (SSSR count). The molecule has 1 atom stereocenters. The van der Waals surface area contributed by atoms with Crippen LogP contribution >= 0.6 is 15.9 Å². The van der Waals surface area contributed by atoms with Gasteiger partial charge in [-0.15, -0.1) is 0 Å². The van der Waals surface area contributed by atoms with E-state index < -0.39 is 0 Å². The number of rotatable bonds is 5. The molecule has 3 nitrogen and oxygen atoms in total. The van der Waals surface area contributed by atoms with Crippen molar-refractivity contribution in [1.82, 2.24) is 15.1 Å². The summed E-state index contributed by atoms with van der Waals surface area (Å²) in [7, 11) is 1.89. The molecule has 1 N–H and O–H groups in total. The Balaban J connectivity index is 2.38. The third-order valence-corrected chi connectivity index (χ3v) is 3.65. The van der Waals surface area contributed by atoms with Gasteiger partial charge in [0.05, 0.1) is 16.2 Å². The average Bonchev–Trinajstić information content (AvgIpc) is 2.83. The summed E-state index contributed by atoms with van der Waals surface area (Å²) >= 11 is 3.23. The maximum atomic E-state index is 13.3. The first-order valence-electron chi connectivity index (χ1n) is 6.31. The van der Waals surface area contributed by atoms with Gasteiger partial charge < -0.3 is 5.32 Å². The molecule has 102 valence electrons. The Hall–Kier alpha value is -1.20. The lowest BCUT2D eigenvalue weighted by atomic mass is 10.0. The lowest BCUT2D eigenvalue weighted by molar-refractivity contribution is 0.533. The van der Waals surface area contributed by atoms with Crippen molar-refractivity contribution in [1.29, 1.82) is 0 Å². The number of nitrogens with zero attached hydrogens (tertiary/aromatic N) is 2. The van der Waals surface area contributed by atoms with E-state index in [4.69, 9.17) is 0 Å². The standard InChI is InChI=1S/C14H17BrFN3/c1-3-8-19-13(6-7-18-19)14(17-2)10-4-5-12(16)11(15)9-10/h4-7,9,14,17H,3,8H2,1-2H3. The second kappa shape index (κ2) is 6.30. The third-order valence-electron chi connectivity index (χ3n) is 3.05. The molecule has 19 heavy (non-hydrogen) atoms. The van der Waals surface area contributed by atoms with Crippen molar-refractivity contribution in [2.24, 2.45) is 0 Å². The zero-order valence-electron chi connectivity index (χ0n) is 11.0. The van der Waals surface area contributed by atoms with E-state index >= 15 is 0 Å². The van der Waals surface area contributed by atoms with Gasteiger partial charge in [-0.3, -0.25) is 4.68 Å². The molecule has 0 radical (unpaired) electrons. The molecule has 0 spiro atoms. The van der Waals surface area contributed by atoms with Crippen LogP contribution in [-0.2, 0) is 6.54 Å². The lowest BCUT2D eigenvalue weighted by Gasteiger charge is -2.18. The van der Waals surface area contributed by atoms with Gasteiger partial charge in [-0.25, -0.2) is 4.39 Å². The van der Waals surface area contributed by atoms with Gasteiger partial charge in [0.15, 0.2) is 0 Å². The van der Waals surface area contributed by atoms with Crippen LogP contribution in [0, 0.1) is 5.82 Å². The van der Waals surface area contributed by atoms with E-state index in [0.29, 0.717) is 4.47 Å². The predicted molar refractivity (Wildman–Crippen MR) is 77.5 cm³/mol. The topological polar surface area (TPSA) is 29.9 Å². The molecule has 2 aromatic rings. The number of aromatic nitrogens is 2. The number of nitrogens with one attached hydrogen (secondary N) is 1. The van der Waals surface area contributed by atoms with Crippen molar-refractivity contribution in [2.45, 2.75) is 25.9 Å². The van der Waals surface area contributed by atoms with Gasteiger partial charge in [0.1, 0.15) is 5.82 Å². The Bertz CT molecular complexity index is 553. The monoisotopic (exact) mass is 325 g/mol. The minimum absolute atomic E-state index is 0.00551. The first-order valence-corrected chi connectivity index (χ1v) is 7.10. The molecule has 0 aliphatic carbocycles. The highest BCUT2D eigenvalue weighted by Gasteiger charge is 2.17. The summed E-state index contributed by atoms with van der Waals surface area (Å²) in [6.45, 7) is 3.00. The molecule has 0 aliphatic rings. The summed E-state index contributed by atoms with van der Waals surface area (Å²) in [5.41, 5.74) is 2.09. The van der Waals surface area contributed by atoms with Crippen LogP contribution in [0.1, 0.15) is 30.6 Å². The van der Waals surface area contributed by atoms with Gasteiger partial charge in [0.2, 0.25) is 0 Å². The second-order valence-corrected chi connectivity index (χ2v) is 5.23. The Morgan fingerprint density at radius 2 is 2.21 bits per heavy atom. The minimum Gasteiger partial charge on any atom is -0.308 e. The molecule has 0 amide bonds. The quantitative estimate of drug-likeness (QED) is 0.911. The Morgan fingerprint density at radius 3 is 2.84 bits per heavy atom. The summed E-state index contributed by atoms with van der Waals surface area (Å²) in [6, 6.07) is 7.08. The number of aryl methyl sites for hydroxylation is 1. The number of benzene rings is 1. The van der Waals surface area contributed by atoms with E-state index in [1.54, 1.807) is 18.3 Å². The maximum absolute atomic E-state index is 13.3. The molecule has 0 aliphatic heterocycles. The molecular formula is C14H17BrFN3. The number of hydrogen-bond donors (Lipinski definition) is 1. The van der Waals surface area contributed by atoms with Gasteiger partial charge >= 0.3 is 0 Å². The van der Waals surface area contributed by atoms with Crippen LogP contribution in [0.15, 0.2) is 34.9 Å². The van der Waals surface area contributed by atoms with Gasteiger partial charge in [0, 0.05) is 12.7 Å². The normalized spacial score (nSPS) is 12.6. The summed E-state index contributed by atoms with van der Waals surface area (Å²) in [5.74, 6) is -0.249. The van der Waals surface area contributed by atoms with E-state index in [1.165, 1.54) is 6.07 Å². The Kier molecular flexibility index (Phi) is 4.71. The number of hydrogen-bond acceptors (Lipinski definition) is 2. The SMILES string of the molecule is CCCn1nccc1C(NC)c1ccc(F)c(Br)c1. The van der Waals surface area contributed by atoms with Gasteiger partial charge in [-0.1, -0.05) is 13.0 Å². The van der Waals surface area contributed by atoms with Gasteiger partial charge in [0.25, 0.3) is 0 Å². The van der Waals surface area contributed by atoms with E-state index in [1.807, 2.05) is 17.8 Å². The minimum atomic E-state index is -0.249. The van der Waals surface area contributed by atoms with Crippen LogP contribution in [0.2, 0.25) is 0 Å². The molecule has 1 aromatic heterocycles. The van der Waals surface area contributed by atoms with Crippen LogP contribution in [0.3, 0.4) is 0 Å². The summed E-state index contributed by atoms with van der Waals surface area (Å²) in [4.78, 5) is 0.